The number of halogens is 1. The van der Waals surface area contributed by atoms with Crippen molar-refractivity contribution >= 4 is 52.7 Å². The summed E-state index contributed by atoms with van der Waals surface area (Å²) in [7, 11) is 1.35. The van der Waals surface area contributed by atoms with Crippen molar-refractivity contribution in [1.29, 1.82) is 0 Å². The van der Waals surface area contributed by atoms with Crippen LogP contribution in [-0.4, -0.2) is 53.6 Å². The van der Waals surface area contributed by atoms with Gasteiger partial charge >= 0.3 is 12.1 Å². The van der Waals surface area contributed by atoms with Crippen LogP contribution < -0.4 is 21.9 Å². The van der Waals surface area contributed by atoms with Gasteiger partial charge in [0, 0.05) is 47.8 Å². The van der Waals surface area contributed by atoms with E-state index in [0.29, 0.717) is 21.6 Å². The lowest BCUT2D eigenvalue weighted by Gasteiger charge is -2.20. The number of hydrogen-bond donors (Lipinski definition) is 4. The highest BCUT2D eigenvalue weighted by molar-refractivity contribution is 6.31. The average Bonchev–Trinajstić information content (AvgIpc) is 3.16. The number of nitrogens with zero attached hydrogens (tertiary/aromatic N) is 2. The summed E-state index contributed by atoms with van der Waals surface area (Å²) in [6.07, 6.45) is 4.96. The van der Waals surface area contributed by atoms with Crippen LogP contribution in [0, 0.1) is 18.8 Å². The minimum Gasteiger partial charge on any atom is -0.469 e. The first kappa shape index (κ1) is 49.3. The second kappa shape index (κ2) is 27.0. The van der Waals surface area contributed by atoms with Crippen LogP contribution in [0.15, 0.2) is 60.8 Å². The number of carbonyl (C=O) groups excluding carboxylic acids is 4. The SMILES string of the molecule is CC.CC.CCCCCNC=O.COC(C)=O.Cc1ccc(C#Cc2ccc(-c3cc(C(=O)NNC(=O)OC(C)(C)C)c4cnc(N)cc4n3)cc2)c(Cl)c1. The maximum Gasteiger partial charge on any atom is 0.426 e. The van der Waals surface area contributed by atoms with Crippen LogP contribution in [0.25, 0.3) is 22.2 Å². The summed E-state index contributed by atoms with van der Waals surface area (Å²) in [6, 6.07) is 16.4. The van der Waals surface area contributed by atoms with Crippen molar-refractivity contribution in [3.8, 4) is 23.1 Å². The monoisotopic (exact) mass is 776 g/mol. The summed E-state index contributed by atoms with van der Waals surface area (Å²) in [5.41, 5.74) is 14.4. The zero-order chi connectivity index (χ0) is 42.0. The number of benzene rings is 2. The molecular formula is C42H57ClN6O6. The maximum absolute atomic E-state index is 13.0. The largest absolute Gasteiger partial charge is 0.469 e. The Balaban J connectivity index is 0.00000145. The van der Waals surface area contributed by atoms with E-state index in [4.69, 9.17) is 22.1 Å². The molecule has 4 rings (SSSR count). The Morgan fingerprint density at radius 1 is 0.945 bits per heavy atom. The van der Waals surface area contributed by atoms with Gasteiger partial charge in [-0.05, 0) is 70.0 Å². The molecule has 13 heteroatoms. The average molecular weight is 777 g/mol. The predicted molar refractivity (Wildman–Crippen MR) is 222 cm³/mol. The van der Waals surface area contributed by atoms with Crippen molar-refractivity contribution in [2.75, 3.05) is 19.4 Å². The number of nitrogens with one attached hydrogen (secondary N) is 3. The number of methoxy groups -OCH3 is 1. The van der Waals surface area contributed by atoms with Gasteiger partial charge in [-0.3, -0.25) is 19.8 Å². The molecule has 0 aliphatic heterocycles. The molecule has 2 heterocycles. The lowest BCUT2D eigenvalue weighted by molar-refractivity contribution is -0.137. The number of anilines is 1. The summed E-state index contributed by atoms with van der Waals surface area (Å²) in [6.45, 7) is 19.5. The second-order valence-electron chi connectivity index (χ2n) is 12.0. The number of amides is 3. The summed E-state index contributed by atoms with van der Waals surface area (Å²) < 4.78 is 9.28. The number of carbonyl (C=O) groups is 4. The van der Waals surface area contributed by atoms with Gasteiger partial charge in [-0.1, -0.05) is 89.1 Å². The maximum atomic E-state index is 13.0. The Labute approximate surface area is 331 Å². The Hall–Kier alpha value is -5.67. The minimum absolute atomic E-state index is 0.245. The van der Waals surface area contributed by atoms with Crippen molar-refractivity contribution in [1.82, 2.24) is 26.1 Å². The third kappa shape index (κ3) is 19.8. The number of unbranched alkanes of at least 4 members (excludes halogenated alkanes) is 2. The Kier molecular flexibility index (Phi) is 24.2. The van der Waals surface area contributed by atoms with Gasteiger partial charge in [0.05, 0.1) is 28.9 Å². The van der Waals surface area contributed by atoms with Crippen LogP contribution in [0.3, 0.4) is 0 Å². The van der Waals surface area contributed by atoms with Crippen LogP contribution >= 0.6 is 11.6 Å². The van der Waals surface area contributed by atoms with E-state index in [-0.39, 0.29) is 17.4 Å². The molecule has 4 aromatic rings. The first-order valence-electron chi connectivity index (χ1n) is 18.1. The number of fused-ring (bicyclic) bond motifs is 1. The number of aromatic nitrogens is 2. The lowest BCUT2D eigenvalue weighted by atomic mass is 10.0. The Morgan fingerprint density at radius 3 is 2.13 bits per heavy atom. The molecule has 0 unspecified atom stereocenters. The Morgan fingerprint density at radius 2 is 1.58 bits per heavy atom. The smallest absolute Gasteiger partial charge is 0.426 e. The molecule has 0 saturated carbocycles. The van der Waals surface area contributed by atoms with Crippen LogP contribution in [0.1, 0.15) is 109 Å². The summed E-state index contributed by atoms with van der Waals surface area (Å²) in [4.78, 5) is 53.0. The summed E-state index contributed by atoms with van der Waals surface area (Å²) in [5.74, 6) is 5.66. The third-order valence-corrected chi connectivity index (χ3v) is 6.89. The van der Waals surface area contributed by atoms with Crippen LogP contribution in [0.2, 0.25) is 5.02 Å². The molecule has 0 aliphatic rings. The van der Waals surface area contributed by atoms with E-state index < -0.39 is 17.6 Å². The van der Waals surface area contributed by atoms with Crippen LogP contribution in [0.4, 0.5) is 10.6 Å². The van der Waals surface area contributed by atoms with E-state index in [1.807, 2.05) is 77.1 Å². The molecule has 0 aliphatic carbocycles. The topological polar surface area (TPSA) is 175 Å². The molecule has 0 bridgehead atoms. The van der Waals surface area contributed by atoms with Crippen molar-refractivity contribution in [3.63, 3.8) is 0 Å². The molecule has 0 fully saturated rings. The van der Waals surface area contributed by atoms with Gasteiger partial charge in [-0.2, -0.15) is 0 Å². The van der Waals surface area contributed by atoms with E-state index in [1.54, 1.807) is 32.9 Å². The minimum atomic E-state index is -0.782. The van der Waals surface area contributed by atoms with Crippen molar-refractivity contribution in [3.05, 3.63) is 88.1 Å². The molecule has 0 spiro atoms. The zero-order valence-corrected chi connectivity index (χ0v) is 34.7. The fourth-order valence-corrected chi connectivity index (χ4v) is 4.36. The lowest BCUT2D eigenvalue weighted by Crippen LogP contribution is -2.44. The Bertz CT molecular complexity index is 1870. The standard InChI is InChI=1S/C29H26ClN5O3.C6H13NO.C3H6O2.2C2H6/c1-17-5-9-19(23(30)13-17)10-6-18-7-11-20(12-8-18)24-14-21(22-16-32-26(31)15-25(22)33-24)27(36)34-35-28(37)38-29(2,3)4;1-2-3-4-5-7-6-8;1-3(4)5-2;2*1-2/h5,7-9,11-16H,1-4H3,(H2,31,32)(H,34,36)(H,35,37);6H,2-5H2,1H3,(H,7,8);1-2H3;2*1-2H3. The predicted octanol–water partition coefficient (Wildman–Crippen LogP) is 8.56. The molecule has 2 aromatic heterocycles. The summed E-state index contributed by atoms with van der Waals surface area (Å²) >= 11 is 6.28. The number of nitrogen functional groups attached to an aromatic ring is 1. The fourth-order valence-electron chi connectivity index (χ4n) is 4.07. The third-order valence-electron chi connectivity index (χ3n) is 6.58. The number of hydrazine groups is 1. The van der Waals surface area contributed by atoms with Gasteiger partial charge in [-0.25, -0.2) is 20.2 Å². The van der Waals surface area contributed by atoms with Gasteiger partial charge < -0.3 is 20.5 Å². The normalized spacial score (nSPS) is 9.60. The molecule has 0 saturated heterocycles. The molecule has 3 amide bonds. The molecule has 55 heavy (non-hydrogen) atoms. The van der Waals surface area contributed by atoms with Crippen molar-refractivity contribution in [2.24, 2.45) is 0 Å². The number of ether oxygens (including phenoxy) is 2. The quantitative estimate of drug-likeness (QED) is 0.0471. The molecule has 12 nitrogen and oxygen atoms in total. The van der Waals surface area contributed by atoms with Gasteiger partial charge in [0.15, 0.2) is 0 Å². The number of rotatable bonds is 7. The van der Waals surface area contributed by atoms with E-state index in [1.165, 1.54) is 33.1 Å². The van der Waals surface area contributed by atoms with E-state index in [0.717, 1.165) is 41.6 Å². The number of esters is 1. The van der Waals surface area contributed by atoms with Gasteiger partial charge in [0.2, 0.25) is 6.41 Å². The van der Waals surface area contributed by atoms with Crippen molar-refractivity contribution < 1.29 is 28.7 Å². The molecule has 0 atom stereocenters. The highest BCUT2D eigenvalue weighted by atomic mass is 35.5. The highest BCUT2D eigenvalue weighted by Crippen LogP contribution is 2.26. The van der Waals surface area contributed by atoms with Crippen LogP contribution in [0.5, 0.6) is 0 Å². The number of hydrogen-bond acceptors (Lipinski definition) is 9. The highest BCUT2D eigenvalue weighted by Gasteiger charge is 2.19. The van der Waals surface area contributed by atoms with Crippen LogP contribution in [-0.2, 0) is 19.1 Å². The fraction of sp³-hybridized carbons (Fsp3) is 0.381. The number of pyridine rings is 2. The van der Waals surface area contributed by atoms with Gasteiger partial charge in [0.1, 0.15) is 11.4 Å². The molecule has 5 N–H and O–H groups in total. The zero-order valence-electron chi connectivity index (χ0n) is 34.0. The van der Waals surface area contributed by atoms with Crippen molar-refractivity contribution in [2.45, 2.75) is 94.1 Å². The molecule has 0 radical (unpaired) electrons. The first-order chi connectivity index (χ1) is 26.2. The molecule has 2 aromatic carbocycles. The van der Waals surface area contributed by atoms with E-state index in [2.05, 4.69) is 49.6 Å². The molecule has 298 valence electrons. The van der Waals surface area contributed by atoms with Gasteiger partial charge in [-0.15, -0.1) is 0 Å². The first-order valence-corrected chi connectivity index (χ1v) is 18.5. The van der Waals surface area contributed by atoms with E-state index in [9.17, 15) is 19.2 Å². The second-order valence-corrected chi connectivity index (χ2v) is 12.5. The van der Waals surface area contributed by atoms with Gasteiger partial charge in [0.25, 0.3) is 5.91 Å². The molecular weight excluding hydrogens is 720 g/mol. The summed E-state index contributed by atoms with van der Waals surface area (Å²) in [5, 5.41) is 3.69. The van der Waals surface area contributed by atoms with E-state index >= 15 is 0 Å². The number of nitrogens with two attached hydrogens (primary N) is 1. The number of aryl methyl sites for hydroxylation is 1.